The van der Waals surface area contributed by atoms with Gasteiger partial charge in [-0.3, -0.25) is 24.0 Å². The summed E-state index contributed by atoms with van der Waals surface area (Å²) < 4.78 is 6.69. The lowest BCUT2D eigenvalue weighted by Gasteiger charge is -2.39. The van der Waals surface area contributed by atoms with E-state index in [2.05, 4.69) is 86.5 Å². The molecule has 16 nitrogen and oxygen atoms in total. The molecule has 7 aromatic rings. The summed E-state index contributed by atoms with van der Waals surface area (Å²) in [5.74, 6) is 1.66. The molecule has 0 radical (unpaired) electrons. The van der Waals surface area contributed by atoms with Gasteiger partial charge in [0.1, 0.15) is 17.8 Å². The Morgan fingerprint density at radius 2 is 1.60 bits per heavy atom. The van der Waals surface area contributed by atoms with Crippen molar-refractivity contribution in [3.8, 4) is 28.2 Å². The van der Waals surface area contributed by atoms with Crippen LogP contribution in [0.4, 0.5) is 11.5 Å². The number of hydrogen-bond donors (Lipinski definition) is 3. The average Bonchev–Trinajstić information content (AvgIpc) is 3.97. The first kappa shape index (κ1) is 41.4. The van der Waals surface area contributed by atoms with Crippen molar-refractivity contribution in [2.45, 2.75) is 58.9 Å². The van der Waals surface area contributed by atoms with E-state index >= 15 is 0 Å². The molecule has 63 heavy (non-hydrogen) atoms. The Hall–Kier alpha value is -6.94. The minimum Gasteiger partial charge on any atom is -0.372 e. The summed E-state index contributed by atoms with van der Waals surface area (Å²) in [7, 11) is 0. The maximum Gasteiger partial charge on any atom is 0.332 e. The molecule has 0 spiro atoms. The van der Waals surface area contributed by atoms with Gasteiger partial charge < -0.3 is 24.6 Å². The second-order valence-electron chi connectivity index (χ2n) is 17.7. The number of nitrogens with one attached hydrogen (secondary N) is 3. The predicted molar refractivity (Wildman–Crippen MR) is 242 cm³/mol. The number of carbonyl (C=O) groups is 1. The molecule has 1 unspecified atom stereocenters. The van der Waals surface area contributed by atoms with Crippen LogP contribution in [0, 0.1) is 12.8 Å². The number of fused-ring (bicyclic) bond motifs is 1. The van der Waals surface area contributed by atoms with E-state index in [4.69, 9.17) is 9.51 Å². The molecule has 1 amide bonds. The SMILES string of the molecule is Cc1cc(-c2ncnc3[nH]c(-c4ccc(N5CCN(CC6CCN(c7ccc(-n8ccc(=O)[nH]c8=O)cc7)CC6)CC5)nc4)cc23)ccc1C(C)NC(=O)c1nc(C(C)(C)C)no1. The Morgan fingerprint density at radius 3 is 2.29 bits per heavy atom. The molecular formula is C47H52N12O4. The number of piperidine rings is 1. The van der Waals surface area contributed by atoms with E-state index in [0.717, 1.165) is 121 Å². The van der Waals surface area contributed by atoms with E-state index in [9.17, 15) is 14.4 Å². The molecule has 2 fully saturated rings. The summed E-state index contributed by atoms with van der Waals surface area (Å²) in [5, 5.41) is 7.88. The smallest absolute Gasteiger partial charge is 0.332 e. The predicted octanol–water partition coefficient (Wildman–Crippen LogP) is 6.04. The zero-order valence-corrected chi connectivity index (χ0v) is 36.3. The summed E-state index contributed by atoms with van der Waals surface area (Å²) in [6.07, 6.45) is 7.29. The third-order valence-electron chi connectivity index (χ3n) is 12.3. The minimum absolute atomic E-state index is 0.0509. The normalized spacial score (nSPS) is 15.8. The summed E-state index contributed by atoms with van der Waals surface area (Å²) in [6, 6.07) is 21.5. The van der Waals surface area contributed by atoms with Crippen molar-refractivity contribution in [3.63, 3.8) is 0 Å². The number of rotatable bonds is 10. The third kappa shape index (κ3) is 8.89. The van der Waals surface area contributed by atoms with Crippen molar-refractivity contribution in [2.24, 2.45) is 5.92 Å². The Labute approximate surface area is 364 Å². The van der Waals surface area contributed by atoms with Crippen LogP contribution in [0.5, 0.6) is 0 Å². The molecule has 16 heteroatoms. The number of aryl methyl sites for hydroxylation is 1. The molecule has 9 rings (SSSR count). The highest BCUT2D eigenvalue weighted by Crippen LogP contribution is 2.33. The number of anilines is 2. The second-order valence-corrected chi connectivity index (χ2v) is 17.7. The van der Waals surface area contributed by atoms with E-state index in [1.807, 2.05) is 65.1 Å². The van der Waals surface area contributed by atoms with Crippen LogP contribution in [0.2, 0.25) is 0 Å². The van der Waals surface area contributed by atoms with Gasteiger partial charge in [-0.2, -0.15) is 4.98 Å². The fourth-order valence-electron chi connectivity index (χ4n) is 8.67. The molecule has 0 aliphatic carbocycles. The summed E-state index contributed by atoms with van der Waals surface area (Å²) in [6.45, 7) is 16.8. The van der Waals surface area contributed by atoms with Crippen LogP contribution in [0.25, 0.3) is 39.2 Å². The van der Waals surface area contributed by atoms with E-state index in [1.165, 1.54) is 16.8 Å². The van der Waals surface area contributed by atoms with Crippen molar-refractivity contribution in [1.29, 1.82) is 0 Å². The number of piperazine rings is 1. The van der Waals surface area contributed by atoms with Crippen LogP contribution in [-0.4, -0.2) is 96.2 Å². The van der Waals surface area contributed by atoms with Gasteiger partial charge in [0.05, 0.1) is 17.4 Å². The molecule has 3 N–H and O–H groups in total. The molecule has 7 heterocycles. The fraction of sp³-hybridized carbons (Fsp3) is 0.362. The largest absolute Gasteiger partial charge is 0.372 e. The van der Waals surface area contributed by atoms with E-state index in [1.54, 1.807) is 6.33 Å². The summed E-state index contributed by atoms with van der Waals surface area (Å²) >= 11 is 0. The number of carbonyl (C=O) groups excluding carboxylic acids is 1. The first-order valence-corrected chi connectivity index (χ1v) is 21.6. The standard InChI is InChI=1S/C47H52N12O4/c1-29-24-32(6-12-36(29)30(2)51-43(61)44-54-45(55-63-44)47(3,4)5)41-37-25-38(52-42(37)50-28-49-41)33-7-13-39(48-26-33)58-22-20-56(21-23-58)27-31-14-17-57(18-15-31)34-8-10-35(11-9-34)59-19-16-40(60)53-46(59)62/h6-13,16,19,24-26,28,30-31H,14-15,17-18,20-23,27H2,1-5H3,(H,51,61)(H,49,50,52)(H,53,60,62). The maximum absolute atomic E-state index is 12.9. The molecule has 2 aliphatic rings. The Balaban J connectivity index is 0.775. The monoisotopic (exact) mass is 848 g/mol. The van der Waals surface area contributed by atoms with E-state index in [0.29, 0.717) is 11.7 Å². The van der Waals surface area contributed by atoms with Gasteiger partial charge in [-0.05, 0) is 92.3 Å². The molecule has 2 aliphatic heterocycles. The Bertz CT molecular complexity index is 2860. The molecule has 2 aromatic carbocycles. The summed E-state index contributed by atoms with van der Waals surface area (Å²) in [4.78, 5) is 68.2. The van der Waals surface area contributed by atoms with Crippen molar-refractivity contribution < 1.29 is 9.32 Å². The maximum atomic E-state index is 12.9. The zero-order valence-electron chi connectivity index (χ0n) is 36.3. The first-order valence-electron chi connectivity index (χ1n) is 21.6. The van der Waals surface area contributed by atoms with Gasteiger partial charge in [-0.25, -0.2) is 19.7 Å². The third-order valence-corrected chi connectivity index (χ3v) is 12.3. The van der Waals surface area contributed by atoms with Gasteiger partial charge in [-0.15, -0.1) is 0 Å². The Kier molecular flexibility index (Phi) is 11.2. The highest BCUT2D eigenvalue weighted by molar-refractivity contribution is 5.94. The van der Waals surface area contributed by atoms with Crippen LogP contribution in [0.3, 0.4) is 0 Å². The number of amides is 1. The number of nitrogens with zero attached hydrogens (tertiary/aromatic N) is 9. The zero-order chi connectivity index (χ0) is 43.8. The lowest BCUT2D eigenvalue weighted by Crippen LogP contribution is -2.49. The van der Waals surface area contributed by atoms with Gasteiger partial charge in [0.15, 0.2) is 5.82 Å². The lowest BCUT2D eigenvalue weighted by atomic mass is 9.95. The number of pyridine rings is 1. The highest BCUT2D eigenvalue weighted by atomic mass is 16.5. The van der Waals surface area contributed by atoms with Crippen molar-refractivity contribution >= 4 is 28.4 Å². The van der Waals surface area contributed by atoms with Crippen LogP contribution in [0.1, 0.15) is 74.2 Å². The first-order chi connectivity index (χ1) is 30.4. The summed E-state index contributed by atoms with van der Waals surface area (Å²) in [5.41, 5.74) is 7.09. The molecular weight excluding hydrogens is 797 g/mol. The lowest BCUT2D eigenvalue weighted by molar-refractivity contribution is 0.0895. The molecule has 1 atom stereocenters. The fourth-order valence-corrected chi connectivity index (χ4v) is 8.67. The number of hydrogen-bond acceptors (Lipinski definition) is 12. The van der Waals surface area contributed by atoms with E-state index < -0.39 is 17.2 Å². The van der Waals surface area contributed by atoms with Crippen LogP contribution >= 0.6 is 0 Å². The topological polar surface area (TPSA) is 187 Å². The van der Waals surface area contributed by atoms with Crippen LogP contribution in [-0.2, 0) is 5.41 Å². The molecule has 5 aromatic heterocycles. The van der Waals surface area contributed by atoms with Gasteiger partial charge >= 0.3 is 17.5 Å². The van der Waals surface area contributed by atoms with Gasteiger partial charge in [0, 0.05) is 97.6 Å². The van der Waals surface area contributed by atoms with Gasteiger partial charge in [0.2, 0.25) is 0 Å². The number of aromatic nitrogens is 8. The van der Waals surface area contributed by atoms with Crippen molar-refractivity contribution in [3.05, 3.63) is 129 Å². The molecule has 2 saturated heterocycles. The van der Waals surface area contributed by atoms with E-state index in [-0.39, 0.29) is 17.3 Å². The molecule has 324 valence electrons. The van der Waals surface area contributed by atoms with Crippen LogP contribution < -0.4 is 26.4 Å². The van der Waals surface area contributed by atoms with Crippen LogP contribution in [0.15, 0.2) is 99.6 Å². The Morgan fingerprint density at radius 1 is 0.857 bits per heavy atom. The van der Waals surface area contributed by atoms with Gasteiger partial charge in [-0.1, -0.05) is 38.1 Å². The minimum atomic E-state index is -0.440. The highest BCUT2D eigenvalue weighted by Gasteiger charge is 2.27. The van der Waals surface area contributed by atoms with Crippen molar-refractivity contribution in [2.75, 3.05) is 55.6 Å². The number of benzene rings is 2. The number of aromatic amines is 2. The van der Waals surface area contributed by atoms with Gasteiger partial charge in [0.25, 0.3) is 5.56 Å². The quantitative estimate of drug-likeness (QED) is 0.145. The average molecular weight is 849 g/mol. The van der Waals surface area contributed by atoms with Crippen molar-refractivity contribution in [1.82, 2.24) is 49.8 Å². The molecule has 0 bridgehead atoms. The second kappa shape index (κ2) is 17.1. The molecule has 0 saturated carbocycles. The number of H-pyrrole nitrogens is 2.